The SMILES string of the molecule is CC(C)(C)OC(=O)N1CC(O[Si](C)(C)C(C)(C)C)C(C(F)F)C1. The fourth-order valence-electron chi connectivity index (χ4n) is 2.20. The average molecular weight is 352 g/mol. The van der Waals surface area contributed by atoms with Crippen LogP contribution in [0.1, 0.15) is 41.5 Å². The Hall–Kier alpha value is -0.693. The van der Waals surface area contributed by atoms with Crippen LogP contribution in [0.15, 0.2) is 0 Å². The maximum Gasteiger partial charge on any atom is 0.410 e. The number of alkyl halides is 2. The third kappa shape index (κ3) is 5.41. The summed E-state index contributed by atoms with van der Waals surface area (Å²) in [6.07, 6.45) is -3.70. The molecule has 0 radical (unpaired) electrons. The van der Waals surface area contributed by atoms with Crippen molar-refractivity contribution >= 4 is 14.4 Å². The van der Waals surface area contributed by atoms with Crippen molar-refractivity contribution in [2.24, 2.45) is 5.92 Å². The average Bonchev–Trinajstić information content (AvgIpc) is 2.68. The van der Waals surface area contributed by atoms with E-state index in [0.717, 1.165) is 0 Å². The van der Waals surface area contributed by atoms with Crippen LogP contribution in [0.3, 0.4) is 0 Å². The van der Waals surface area contributed by atoms with Crippen LogP contribution in [0.2, 0.25) is 18.1 Å². The van der Waals surface area contributed by atoms with Gasteiger partial charge < -0.3 is 14.1 Å². The third-order valence-corrected chi connectivity index (χ3v) is 9.04. The molecule has 136 valence electrons. The van der Waals surface area contributed by atoms with E-state index in [1.165, 1.54) is 4.90 Å². The number of ether oxygens (including phenoxy) is 1. The number of amides is 1. The van der Waals surface area contributed by atoms with E-state index in [-0.39, 0.29) is 18.1 Å². The van der Waals surface area contributed by atoms with Gasteiger partial charge in [-0.15, -0.1) is 0 Å². The molecule has 0 N–H and O–H groups in total. The smallest absolute Gasteiger partial charge is 0.410 e. The largest absolute Gasteiger partial charge is 0.444 e. The van der Waals surface area contributed by atoms with Gasteiger partial charge >= 0.3 is 6.09 Å². The van der Waals surface area contributed by atoms with Gasteiger partial charge in [0.25, 0.3) is 0 Å². The van der Waals surface area contributed by atoms with Gasteiger partial charge in [-0.1, -0.05) is 20.8 Å². The van der Waals surface area contributed by atoms with Gasteiger partial charge in [-0.25, -0.2) is 13.6 Å². The maximum absolute atomic E-state index is 13.4. The first-order chi connectivity index (χ1) is 10.1. The Labute approximate surface area is 139 Å². The second-order valence-electron chi connectivity index (χ2n) is 8.80. The van der Waals surface area contributed by atoms with E-state index < -0.39 is 38.5 Å². The molecule has 1 saturated heterocycles. The van der Waals surface area contributed by atoms with Crippen molar-refractivity contribution < 1.29 is 22.7 Å². The van der Waals surface area contributed by atoms with Crippen molar-refractivity contribution in [2.75, 3.05) is 13.1 Å². The molecule has 2 unspecified atom stereocenters. The van der Waals surface area contributed by atoms with E-state index in [2.05, 4.69) is 20.8 Å². The number of rotatable bonds is 3. The molecule has 7 heteroatoms. The quantitative estimate of drug-likeness (QED) is 0.702. The minimum atomic E-state index is -2.52. The van der Waals surface area contributed by atoms with Crippen LogP contribution in [-0.4, -0.2) is 50.5 Å². The van der Waals surface area contributed by atoms with E-state index in [1.54, 1.807) is 20.8 Å². The lowest BCUT2D eigenvalue weighted by Gasteiger charge is -2.39. The molecule has 1 amide bonds. The minimum Gasteiger partial charge on any atom is -0.444 e. The van der Waals surface area contributed by atoms with Crippen molar-refractivity contribution in [3.63, 3.8) is 0 Å². The highest BCUT2D eigenvalue weighted by atomic mass is 28.4. The Bertz CT molecular complexity index is 430. The number of carbonyl (C=O) groups excluding carboxylic acids is 1. The fraction of sp³-hybridized carbons (Fsp3) is 0.938. The molecule has 0 saturated carbocycles. The van der Waals surface area contributed by atoms with Crippen LogP contribution < -0.4 is 0 Å². The molecule has 23 heavy (non-hydrogen) atoms. The monoisotopic (exact) mass is 351 g/mol. The molecule has 0 aromatic rings. The Morgan fingerprint density at radius 1 is 1.13 bits per heavy atom. The summed E-state index contributed by atoms with van der Waals surface area (Å²) in [5.41, 5.74) is -0.643. The second kappa shape index (κ2) is 6.67. The van der Waals surface area contributed by atoms with Crippen molar-refractivity contribution in [2.45, 2.75) is 77.8 Å². The molecule has 0 aromatic heterocycles. The molecule has 4 nitrogen and oxygen atoms in total. The first-order valence-electron chi connectivity index (χ1n) is 8.08. The number of likely N-dealkylation sites (tertiary alicyclic amines) is 1. The molecule has 0 spiro atoms. The summed E-state index contributed by atoms with van der Waals surface area (Å²) in [4.78, 5) is 13.5. The maximum atomic E-state index is 13.4. The molecule has 1 fully saturated rings. The van der Waals surface area contributed by atoms with E-state index in [1.807, 2.05) is 13.1 Å². The minimum absolute atomic E-state index is 0.0220. The molecule has 1 aliphatic rings. The summed E-state index contributed by atoms with van der Waals surface area (Å²) in [7, 11) is -2.18. The Morgan fingerprint density at radius 2 is 1.65 bits per heavy atom. The molecule has 1 aliphatic heterocycles. The predicted molar refractivity (Wildman–Crippen MR) is 89.4 cm³/mol. The third-order valence-electron chi connectivity index (χ3n) is 4.54. The van der Waals surface area contributed by atoms with Crippen molar-refractivity contribution in [3.05, 3.63) is 0 Å². The molecule has 0 aromatic carbocycles. The molecular weight excluding hydrogens is 320 g/mol. The van der Waals surface area contributed by atoms with Crippen molar-refractivity contribution in [1.29, 1.82) is 0 Å². The lowest BCUT2D eigenvalue weighted by molar-refractivity contribution is 0.0225. The molecule has 0 aliphatic carbocycles. The molecule has 1 rings (SSSR count). The van der Waals surface area contributed by atoms with Gasteiger partial charge in [-0.05, 0) is 38.9 Å². The lowest BCUT2D eigenvalue weighted by Crippen LogP contribution is -2.47. The van der Waals surface area contributed by atoms with Crippen LogP contribution in [-0.2, 0) is 9.16 Å². The summed E-state index contributed by atoms with van der Waals surface area (Å²) >= 11 is 0. The number of nitrogens with zero attached hydrogens (tertiary/aromatic N) is 1. The highest BCUT2D eigenvalue weighted by molar-refractivity contribution is 6.74. The summed E-state index contributed by atoms with van der Waals surface area (Å²) in [6, 6.07) is 0. The fourth-order valence-corrected chi connectivity index (χ4v) is 3.56. The van der Waals surface area contributed by atoms with Crippen LogP contribution in [0.25, 0.3) is 0 Å². The van der Waals surface area contributed by atoms with Gasteiger partial charge in [0.1, 0.15) is 5.60 Å². The normalized spacial score (nSPS) is 23.5. The van der Waals surface area contributed by atoms with E-state index in [0.29, 0.717) is 0 Å². The van der Waals surface area contributed by atoms with Gasteiger partial charge in [0, 0.05) is 13.1 Å². The van der Waals surface area contributed by atoms with Crippen molar-refractivity contribution in [1.82, 2.24) is 4.90 Å². The zero-order valence-corrected chi connectivity index (χ0v) is 16.6. The van der Waals surface area contributed by atoms with Crippen LogP contribution >= 0.6 is 0 Å². The first kappa shape index (κ1) is 20.4. The highest BCUT2D eigenvalue weighted by Crippen LogP contribution is 2.40. The predicted octanol–water partition coefficient (Wildman–Crippen LogP) is 4.51. The molecular formula is C16H31F2NO3Si. The number of halogens is 2. The highest BCUT2D eigenvalue weighted by Gasteiger charge is 2.47. The van der Waals surface area contributed by atoms with Gasteiger partial charge in [0.05, 0.1) is 12.0 Å². The number of hydrogen-bond acceptors (Lipinski definition) is 3. The van der Waals surface area contributed by atoms with Gasteiger partial charge in [-0.3, -0.25) is 0 Å². The summed E-state index contributed by atoms with van der Waals surface area (Å²) in [6.45, 7) is 15.7. The van der Waals surface area contributed by atoms with E-state index in [4.69, 9.17) is 9.16 Å². The number of hydrogen-bond donors (Lipinski definition) is 0. The zero-order valence-electron chi connectivity index (χ0n) is 15.6. The molecule has 1 heterocycles. The summed E-state index contributed by atoms with van der Waals surface area (Å²) in [5, 5.41) is -0.0704. The van der Waals surface area contributed by atoms with Crippen molar-refractivity contribution in [3.8, 4) is 0 Å². The number of carbonyl (C=O) groups is 1. The molecule has 0 bridgehead atoms. The second-order valence-corrected chi connectivity index (χ2v) is 13.6. The summed E-state index contributed by atoms with van der Waals surface area (Å²) < 4.78 is 38.2. The zero-order chi connectivity index (χ0) is 18.2. The standard InChI is InChI=1S/C16H31F2NO3Si/c1-15(2,3)21-14(20)19-9-11(13(17)18)12(10-19)22-23(7,8)16(4,5)6/h11-13H,9-10H2,1-8H3. The lowest BCUT2D eigenvalue weighted by atomic mass is 10.1. The Balaban J connectivity index is 2.85. The van der Waals surface area contributed by atoms with Gasteiger partial charge in [-0.2, -0.15) is 0 Å². The topological polar surface area (TPSA) is 38.8 Å². The Kier molecular flexibility index (Phi) is 5.90. The van der Waals surface area contributed by atoms with Gasteiger partial charge in [0.2, 0.25) is 6.43 Å². The summed E-state index contributed by atoms with van der Waals surface area (Å²) in [5.74, 6) is -0.961. The first-order valence-corrected chi connectivity index (χ1v) is 11.0. The van der Waals surface area contributed by atoms with Crippen LogP contribution in [0.4, 0.5) is 13.6 Å². The van der Waals surface area contributed by atoms with Gasteiger partial charge in [0.15, 0.2) is 8.32 Å². The van der Waals surface area contributed by atoms with E-state index >= 15 is 0 Å². The Morgan fingerprint density at radius 3 is 2.04 bits per heavy atom. The van der Waals surface area contributed by atoms with Crippen LogP contribution in [0.5, 0.6) is 0 Å². The van der Waals surface area contributed by atoms with E-state index in [9.17, 15) is 13.6 Å². The van der Waals surface area contributed by atoms with Crippen LogP contribution in [0, 0.1) is 5.92 Å². The molecule has 2 atom stereocenters.